The summed E-state index contributed by atoms with van der Waals surface area (Å²) in [5.41, 5.74) is 1.22. The van der Waals surface area contributed by atoms with E-state index in [2.05, 4.69) is 9.97 Å². The SMILES string of the molecule is CSc1ncc2cc(N3CCN(C(=O)OC(C)(C)C)c4c(C)cccc43)c(=O)n(CC(C)(C)O)c2n1. The van der Waals surface area contributed by atoms with Crippen molar-refractivity contribution in [3.63, 3.8) is 0 Å². The van der Waals surface area contributed by atoms with Gasteiger partial charge >= 0.3 is 6.09 Å². The zero-order valence-corrected chi connectivity index (χ0v) is 22.6. The third kappa shape index (κ3) is 5.19. The van der Waals surface area contributed by atoms with E-state index >= 15 is 0 Å². The van der Waals surface area contributed by atoms with Gasteiger partial charge in [-0.25, -0.2) is 14.8 Å². The second-order valence-corrected chi connectivity index (χ2v) is 11.4. The maximum Gasteiger partial charge on any atom is 0.414 e. The molecule has 1 N–H and O–H groups in total. The Morgan fingerprint density at radius 1 is 1.17 bits per heavy atom. The predicted octanol–water partition coefficient (Wildman–Crippen LogP) is 4.49. The first-order valence-corrected chi connectivity index (χ1v) is 13.1. The maximum atomic E-state index is 13.9. The summed E-state index contributed by atoms with van der Waals surface area (Å²) < 4.78 is 7.18. The quantitative estimate of drug-likeness (QED) is 0.404. The van der Waals surface area contributed by atoms with E-state index in [0.29, 0.717) is 40.7 Å². The minimum atomic E-state index is -1.14. The minimum absolute atomic E-state index is 0.0690. The van der Waals surface area contributed by atoms with Gasteiger partial charge in [-0.2, -0.15) is 0 Å². The number of anilines is 3. The van der Waals surface area contributed by atoms with Crippen molar-refractivity contribution in [2.24, 2.45) is 0 Å². The Kier molecular flexibility index (Phi) is 6.78. The van der Waals surface area contributed by atoms with Crippen molar-refractivity contribution >= 4 is 46.0 Å². The van der Waals surface area contributed by atoms with Gasteiger partial charge in [0.1, 0.15) is 16.9 Å². The van der Waals surface area contributed by atoms with E-state index in [4.69, 9.17) is 4.74 Å². The van der Waals surface area contributed by atoms with E-state index in [1.54, 1.807) is 31.0 Å². The van der Waals surface area contributed by atoms with Gasteiger partial charge in [0.05, 0.1) is 23.5 Å². The number of carbonyl (C=O) groups is 1. The van der Waals surface area contributed by atoms with Crippen LogP contribution in [0.4, 0.5) is 21.9 Å². The van der Waals surface area contributed by atoms with Crippen LogP contribution in [0.1, 0.15) is 40.2 Å². The zero-order chi connectivity index (χ0) is 26.4. The summed E-state index contributed by atoms with van der Waals surface area (Å²) in [6.45, 7) is 11.6. The molecule has 9 nitrogen and oxygen atoms in total. The van der Waals surface area contributed by atoms with Crippen LogP contribution in [0.15, 0.2) is 40.4 Å². The van der Waals surface area contributed by atoms with Crippen LogP contribution in [0.3, 0.4) is 0 Å². The summed E-state index contributed by atoms with van der Waals surface area (Å²) in [5.74, 6) is 0. The number of pyridine rings is 1. The molecule has 10 heteroatoms. The molecule has 192 valence electrons. The second-order valence-electron chi connectivity index (χ2n) is 10.6. The molecule has 1 amide bonds. The fraction of sp³-hybridized carbons (Fsp3) is 0.462. The number of hydrogen-bond donors (Lipinski definition) is 1. The van der Waals surface area contributed by atoms with Crippen molar-refractivity contribution in [2.75, 3.05) is 29.1 Å². The number of benzene rings is 1. The molecule has 0 radical (unpaired) electrons. The summed E-state index contributed by atoms with van der Waals surface area (Å²) in [7, 11) is 0. The smallest absolute Gasteiger partial charge is 0.414 e. The number of aryl methyl sites for hydroxylation is 1. The van der Waals surface area contributed by atoms with Crippen molar-refractivity contribution in [1.29, 1.82) is 0 Å². The van der Waals surface area contributed by atoms with E-state index in [1.807, 2.05) is 57.0 Å². The molecule has 2 aromatic heterocycles. The summed E-state index contributed by atoms with van der Waals surface area (Å²) in [4.78, 5) is 39.5. The Balaban J connectivity index is 1.89. The molecule has 0 fully saturated rings. The number of nitrogens with zero attached hydrogens (tertiary/aromatic N) is 5. The van der Waals surface area contributed by atoms with Crippen LogP contribution in [0.25, 0.3) is 11.0 Å². The van der Waals surface area contributed by atoms with Gasteiger partial charge in [-0.1, -0.05) is 23.9 Å². The highest BCUT2D eigenvalue weighted by Gasteiger charge is 2.33. The van der Waals surface area contributed by atoms with Crippen LogP contribution in [0.2, 0.25) is 0 Å². The summed E-state index contributed by atoms with van der Waals surface area (Å²) >= 11 is 1.39. The number of carbonyl (C=O) groups excluding carboxylic acids is 1. The van der Waals surface area contributed by atoms with E-state index in [1.165, 1.54) is 16.3 Å². The molecule has 0 bridgehead atoms. The van der Waals surface area contributed by atoms with Crippen LogP contribution in [-0.4, -0.2) is 56.3 Å². The molecule has 0 atom stereocenters. The average molecular weight is 512 g/mol. The zero-order valence-electron chi connectivity index (χ0n) is 21.8. The Hall–Kier alpha value is -3.11. The van der Waals surface area contributed by atoms with E-state index in [-0.39, 0.29) is 12.1 Å². The van der Waals surface area contributed by atoms with Gasteiger partial charge in [-0.15, -0.1) is 0 Å². The molecule has 3 heterocycles. The summed E-state index contributed by atoms with van der Waals surface area (Å²) in [5, 5.41) is 11.8. The number of amides is 1. The predicted molar refractivity (Wildman–Crippen MR) is 144 cm³/mol. The number of aromatic nitrogens is 3. The van der Waals surface area contributed by atoms with Crippen LogP contribution in [-0.2, 0) is 11.3 Å². The number of fused-ring (bicyclic) bond motifs is 2. The lowest BCUT2D eigenvalue weighted by Gasteiger charge is -2.39. The highest BCUT2D eigenvalue weighted by atomic mass is 32.2. The van der Waals surface area contributed by atoms with Crippen LogP contribution in [0.5, 0.6) is 0 Å². The van der Waals surface area contributed by atoms with E-state index in [0.717, 1.165) is 11.3 Å². The first kappa shape index (κ1) is 26.0. The molecular weight excluding hydrogens is 478 g/mol. The first-order chi connectivity index (χ1) is 16.8. The van der Waals surface area contributed by atoms with Gasteiger partial charge < -0.3 is 14.7 Å². The van der Waals surface area contributed by atoms with Gasteiger partial charge in [0.2, 0.25) is 0 Å². The highest BCUT2D eigenvalue weighted by molar-refractivity contribution is 7.98. The number of aliphatic hydroxyl groups is 1. The molecule has 1 aromatic carbocycles. The van der Waals surface area contributed by atoms with E-state index in [9.17, 15) is 14.7 Å². The standard InChI is InChI=1S/C26H33N5O4S/c1-16-9-8-10-18-20(16)30(24(33)35-25(2,3)4)12-11-29(18)19-13-17-14-27-23(36-7)28-21(17)31(22(19)32)15-26(5,6)34/h8-10,13-14,34H,11-12,15H2,1-7H3. The molecule has 0 saturated carbocycles. The van der Waals surface area contributed by atoms with Crippen molar-refractivity contribution in [3.8, 4) is 0 Å². The van der Waals surface area contributed by atoms with Gasteiger partial charge in [0.25, 0.3) is 5.56 Å². The van der Waals surface area contributed by atoms with Gasteiger partial charge in [0, 0.05) is 24.7 Å². The van der Waals surface area contributed by atoms with Gasteiger partial charge in [-0.05, 0) is 65.5 Å². The number of thioether (sulfide) groups is 1. The van der Waals surface area contributed by atoms with Crippen LogP contribution >= 0.6 is 11.8 Å². The van der Waals surface area contributed by atoms with Crippen molar-refractivity contribution < 1.29 is 14.6 Å². The third-order valence-electron chi connectivity index (χ3n) is 5.74. The molecule has 0 spiro atoms. The molecule has 1 aliphatic rings. The topological polar surface area (TPSA) is 101 Å². The fourth-order valence-corrected chi connectivity index (χ4v) is 4.68. The van der Waals surface area contributed by atoms with Crippen molar-refractivity contribution in [2.45, 2.75) is 64.4 Å². The molecular formula is C26H33N5O4S. The molecule has 1 aliphatic heterocycles. The lowest BCUT2D eigenvalue weighted by atomic mass is 10.1. The van der Waals surface area contributed by atoms with Crippen LogP contribution < -0.4 is 15.4 Å². The highest BCUT2D eigenvalue weighted by Crippen LogP contribution is 2.40. The monoisotopic (exact) mass is 511 g/mol. The molecule has 0 aliphatic carbocycles. The Morgan fingerprint density at radius 3 is 2.53 bits per heavy atom. The lowest BCUT2D eigenvalue weighted by Crippen LogP contribution is -2.46. The maximum absolute atomic E-state index is 13.9. The van der Waals surface area contributed by atoms with Crippen molar-refractivity contribution in [3.05, 3.63) is 46.4 Å². The number of rotatable bonds is 4. The number of para-hydroxylation sites is 1. The average Bonchev–Trinajstić information content (AvgIpc) is 2.78. The molecule has 36 heavy (non-hydrogen) atoms. The molecule has 0 unspecified atom stereocenters. The lowest BCUT2D eigenvalue weighted by molar-refractivity contribution is 0.0577. The second kappa shape index (κ2) is 9.40. The van der Waals surface area contributed by atoms with Crippen LogP contribution in [0, 0.1) is 6.92 Å². The number of ether oxygens (including phenoxy) is 1. The largest absolute Gasteiger partial charge is 0.443 e. The molecule has 3 aromatic rings. The first-order valence-electron chi connectivity index (χ1n) is 11.8. The van der Waals surface area contributed by atoms with Gasteiger partial charge in [0.15, 0.2) is 5.16 Å². The Labute approximate surface area is 215 Å². The molecule has 0 saturated heterocycles. The normalized spacial score (nSPS) is 14.2. The summed E-state index contributed by atoms with van der Waals surface area (Å²) in [6.07, 6.45) is 3.15. The van der Waals surface area contributed by atoms with E-state index < -0.39 is 17.3 Å². The van der Waals surface area contributed by atoms with Gasteiger partial charge in [-0.3, -0.25) is 14.3 Å². The van der Waals surface area contributed by atoms with Crippen molar-refractivity contribution in [1.82, 2.24) is 14.5 Å². The fourth-order valence-electron chi connectivity index (χ4n) is 4.35. The molecule has 4 rings (SSSR count). The third-order valence-corrected chi connectivity index (χ3v) is 6.30. The Bertz CT molecular complexity index is 1370. The number of hydrogen-bond acceptors (Lipinski definition) is 8. The summed E-state index contributed by atoms with van der Waals surface area (Å²) in [6, 6.07) is 7.53. The minimum Gasteiger partial charge on any atom is -0.443 e. The Morgan fingerprint density at radius 2 is 1.89 bits per heavy atom.